The van der Waals surface area contributed by atoms with Crippen LogP contribution in [0.2, 0.25) is 0 Å². The Morgan fingerprint density at radius 2 is 2.11 bits per heavy atom. The van der Waals surface area contributed by atoms with Gasteiger partial charge in [-0.05, 0) is 35.6 Å². The molecule has 0 aliphatic rings. The van der Waals surface area contributed by atoms with Gasteiger partial charge in [-0.2, -0.15) is 0 Å². The van der Waals surface area contributed by atoms with E-state index in [4.69, 9.17) is 4.42 Å². The second-order valence-corrected chi connectivity index (χ2v) is 4.31. The fourth-order valence-corrected chi connectivity index (χ4v) is 2.18. The Labute approximate surface area is 105 Å². The average molecular weight is 239 g/mol. The molecule has 0 radical (unpaired) electrons. The first-order valence-electron chi connectivity index (χ1n) is 5.82. The number of benzene rings is 1. The molecular weight excluding hydrogens is 226 g/mol. The van der Waals surface area contributed by atoms with E-state index in [9.17, 15) is 5.11 Å². The van der Waals surface area contributed by atoms with Crippen LogP contribution in [0.3, 0.4) is 0 Å². The quantitative estimate of drug-likeness (QED) is 0.746. The van der Waals surface area contributed by atoms with E-state index < -0.39 is 6.10 Å². The number of hydrogen-bond donors (Lipinski definition) is 1. The van der Waals surface area contributed by atoms with Crippen molar-refractivity contribution in [3.63, 3.8) is 0 Å². The molecule has 3 aromatic rings. The van der Waals surface area contributed by atoms with Crippen molar-refractivity contribution < 1.29 is 9.52 Å². The van der Waals surface area contributed by atoms with Crippen molar-refractivity contribution in [1.82, 2.24) is 4.98 Å². The third-order valence-corrected chi connectivity index (χ3v) is 3.16. The molecule has 3 nitrogen and oxygen atoms in total. The highest BCUT2D eigenvalue weighted by Crippen LogP contribution is 2.30. The maximum absolute atomic E-state index is 10.4. The Balaban J connectivity index is 2.18. The van der Waals surface area contributed by atoms with Gasteiger partial charge in [-0.15, -0.1) is 0 Å². The minimum absolute atomic E-state index is 0.589. The number of pyridine rings is 1. The Hall–Kier alpha value is -2.13. The number of aromatic nitrogens is 1. The summed E-state index contributed by atoms with van der Waals surface area (Å²) in [4.78, 5) is 4.12. The average Bonchev–Trinajstić information content (AvgIpc) is 2.83. The van der Waals surface area contributed by atoms with Crippen molar-refractivity contribution in [2.24, 2.45) is 0 Å². The zero-order chi connectivity index (χ0) is 12.5. The number of rotatable bonds is 2. The lowest BCUT2D eigenvalue weighted by molar-refractivity contribution is 0.190. The van der Waals surface area contributed by atoms with Crippen molar-refractivity contribution >= 4 is 10.8 Å². The van der Waals surface area contributed by atoms with E-state index in [1.807, 2.05) is 37.3 Å². The van der Waals surface area contributed by atoms with Crippen LogP contribution in [0.1, 0.15) is 23.0 Å². The second-order valence-electron chi connectivity index (χ2n) is 4.31. The molecule has 0 saturated carbocycles. The van der Waals surface area contributed by atoms with Gasteiger partial charge in [0.25, 0.3) is 0 Å². The molecule has 0 bridgehead atoms. The van der Waals surface area contributed by atoms with Crippen LogP contribution >= 0.6 is 0 Å². The van der Waals surface area contributed by atoms with Crippen LogP contribution < -0.4 is 0 Å². The van der Waals surface area contributed by atoms with Gasteiger partial charge in [0.05, 0.1) is 6.26 Å². The number of furan rings is 1. The molecule has 0 aliphatic carbocycles. The van der Waals surface area contributed by atoms with Gasteiger partial charge in [0.15, 0.2) is 0 Å². The van der Waals surface area contributed by atoms with E-state index in [2.05, 4.69) is 4.98 Å². The lowest BCUT2D eigenvalue weighted by atomic mass is 9.99. The SMILES string of the molecule is Cc1ccoc1C(O)c1cccc2ccncc12. The van der Waals surface area contributed by atoms with Crippen molar-refractivity contribution in [2.45, 2.75) is 13.0 Å². The molecule has 2 aromatic heterocycles. The van der Waals surface area contributed by atoms with Crippen LogP contribution in [0.4, 0.5) is 0 Å². The molecule has 18 heavy (non-hydrogen) atoms. The maximum atomic E-state index is 10.4. The molecule has 0 aliphatic heterocycles. The van der Waals surface area contributed by atoms with Gasteiger partial charge in [0.2, 0.25) is 0 Å². The highest BCUT2D eigenvalue weighted by molar-refractivity contribution is 5.85. The van der Waals surface area contributed by atoms with Gasteiger partial charge in [0.1, 0.15) is 11.9 Å². The molecule has 3 heteroatoms. The largest absolute Gasteiger partial charge is 0.466 e. The normalized spacial score (nSPS) is 12.8. The van der Waals surface area contributed by atoms with Crippen LogP contribution in [-0.2, 0) is 0 Å². The van der Waals surface area contributed by atoms with E-state index in [1.165, 1.54) is 0 Å². The van der Waals surface area contributed by atoms with Crippen molar-refractivity contribution in [3.05, 3.63) is 65.9 Å². The fourth-order valence-electron chi connectivity index (χ4n) is 2.18. The lowest BCUT2D eigenvalue weighted by Crippen LogP contribution is -2.00. The monoisotopic (exact) mass is 239 g/mol. The van der Waals surface area contributed by atoms with Gasteiger partial charge in [-0.3, -0.25) is 4.98 Å². The van der Waals surface area contributed by atoms with E-state index in [0.29, 0.717) is 5.76 Å². The summed E-state index contributed by atoms with van der Waals surface area (Å²) in [5, 5.41) is 12.4. The first-order valence-corrected chi connectivity index (χ1v) is 5.82. The molecule has 90 valence electrons. The van der Waals surface area contributed by atoms with E-state index in [1.54, 1.807) is 18.7 Å². The number of aryl methyl sites for hydroxylation is 1. The summed E-state index contributed by atoms with van der Waals surface area (Å²) >= 11 is 0. The van der Waals surface area contributed by atoms with Gasteiger partial charge >= 0.3 is 0 Å². The Morgan fingerprint density at radius 3 is 2.89 bits per heavy atom. The molecule has 3 rings (SSSR count). The van der Waals surface area contributed by atoms with E-state index in [-0.39, 0.29) is 0 Å². The summed E-state index contributed by atoms with van der Waals surface area (Å²) in [6.45, 7) is 1.92. The van der Waals surface area contributed by atoms with E-state index >= 15 is 0 Å². The highest BCUT2D eigenvalue weighted by atomic mass is 16.4. The molecule has 0 fully saturated rings. The minimum Gasteiger partial charge on any atom is -0.466 e. The standard InChI is InChI=1S/C15H13NO2/c1-10-6-8-18-15(10)14(17)12-4-2-3-11-5-7-16-9-13(11)12/h2-9,14,17H,1H3. The Kier molecular flexibility index (Phi) is 2.61. The number of aliphatic hydroxyl groups excluding tert-OH is 1. The van der Waals surface area contributed by atoms with Crippen LogP contribution in [-0.4, -0.2) is 10.1 Å². The van der Waals surface area contributed by atoms with E-state index in [0.717, 1.165) is 21.9 Å². The molecule has 2 heterocycles. The van der Waals surface area contributed by atoms with Gasteiger partial charge in [0, 0.05) is 17.8 Å². The predicted molar refractivity (Wildman–Crippen MR) is 69.2 cm³/mol. The number of fused-ring (bicyclic) bond motifs is 1. The Morgan fingerprint density at radius 1 is 1.22 bits per heavy atom. The summed E-state index contributed by atoms with van der Waals surface area (Å²) < 4.78 is 5.36. The number of nitrogens with zero attached hydrogens (tertiary/aromatic N) is 1. The van der Waals surface area contributed by atoms with Crippen LogP contribution in [0.25, 0.3) is 10.8 Å². The molecule has 1 aromatic carbocycles. The molecule has 0 amide bonds. The summed E-state index contributed by atoms with van der Waals surface area (Å²) in [5.41, 5.74) is 1.77. The molecule has 0 spiro atoms. The minimum atomic E-state index is -0.757. The summed E-state index contributed by atoms with van der Waals surface area (Å²) in [5.74, 6) is 0.589. The zero-order valence-electron chi connectivity index (χ0n) is 10.00. The molecule has 1 unspecified atom stereocenters. The second kappa shape index (κ2) is 4.27. The van der Waals surface area contributed by atoms with Gasteiger partial charge in [-0.1, -0.05) is 18.2 Å². The third-order valence-electron chi connectivity index (χ3n) is 3.16. The van der Waals surface area contributed by atoms with Crippen LogP contribution in [0, 0.1) is 6.92 Å². The smallest absolute Gasteiger partial charge is 0.139 e. The predicted octanol–water partition coefficient (Wildman–Crippen LogP) is 3.22. The fraction of sp³-hybridized carbons (Fsp3) is 0.133. The first-order chi connectivity index (χ1) is 8.77. The first kappa shape index (κ1) is 11.0. The molecule has 0 saturated heterocycles. The van der Waals surface area contributed by atoms with Crippen LogP contribution in [0.15, 0.2) is 53.4 Å². The molecular formula is C15H13NO2. The lowest BCUT2D eigenvalue weighted by Gasteiger charge is -2.12. The summed E-state index contributed by atoms with van der Waals surface area (Å²) in [6.07, 6.45) is 4.35. The maximum Gasteiger partial charge on any atom is 0.139 e. The number of aliphatic hydroxyl groups is 1. The zero-order valence-corrected chi connectivity index (χ0v) is 10.00. The van der Waals surface area contributed by atoms with Gasteiger partial charge in [-0.25, -0.2) is 0 Å². The number of hydrogen-bond acceptors (Lipinski definition) is 3. The summed E-state index contributed by atoms with van der Waals surface area (Å²) in [6, 6.07) is 9.61. The van der Waals surface area contributed by atoms with Crippen molar-refractivity contribution in [1.29, 1.82) is 0 Å². The van der Waals surface area contributed by atoms with Crippen molar-refractivity contribution in [2.75, 3.05) is 0 Å². The van der Waals surface area contributed by atoms with Gasteiger partial charge < -0.3 is 9.52 Å². The molecule has 1 atom stereocenters. The topological polar surface area (TPSA) is 46.3 Å². The molecule has 1 N–H and O–H groups in total. The highest BCUT2D eigenvalue weighted by Gasteiger charge is 2.18. The van der Waals surface area contributed by atoms with Crippen molar-refractivity contribution in [3.8, 4) is 0 Å². The van der Waals surface area contributed by atoms with Crippen LogP contribution in [0.5, 0.6) is 0 Å². The Bertz CT molecular complexity index is 682. The summed E-state index contributed by atoms with van der Waals surface area (Å²) in [7, 11) is 0. The third kappa shape index (κ3) is 1.69.